The maximum absolute atomic E-state index is 6.03. The summed E-state index contributed by atoms with van der Waals surface area (Å²) in [6, 6.07) is 0.762. The van der Waals surface area contributed by atoms with Gasteiger partial charge in [0.05, 0.1) is 6.10 Å². The van der Waals surface area contributed by atoms with E-state index in [1.165, 1.54) is 51.5 Å². The van der Waals surface area contributed by atoms with Crippen molar-refractivity contribution in [1.82, 2.24) is 4.90 Å². The largest absolute Gasteiger partial charge is 0.377 e. The first-order chi connectivity index (χ1) is 8.21. The fourth-order valence-corrected chi connectivity index (χ4v) is 4.37. The molecular formula is C15H27NO. The van der Waals surface area contributed by atoms with E-state index in [-0.39, 0.29) is 0 Å². The quantitative estimate of drug-likeness (QED) is 0.747. The second-order valence-electron chi connectivity index (χ2n) is 6.78. The summed E-state index contributed by atoms with van der Waals surface area (Å²) in [4.78, 5) is 2.85. The van der Waals surface area contributed by atoms with Gasteiger partial charge in [0.25, 0.3) is 0 Å². The number of ether oxygens (including phenoxy) is 1. The minimum absolute atomic E-state index is 0.532. The van der Waals surface area contributed by atoms with Crippen molar-refractivity contribution in [3.8, 4) is 0 Å². The van der Waals surface area contributed by atoms with Crippen molar-refractivity contribution in [2.45, 2.75) is 76.5 Å². The Kier molecular flexibility index (Phi) is 3.20. The van der Waals surface area contributed by atoms with Crippen LogP contribution in [0.15, 0.2) is 0 Å². The van der Waals surface area contributed by atoms with Gasteiger partial charge in [0.1, 0.15) is 0 Å². The van der Waals surface area contributed by atoms with Crippen molar-refractivity contribution in [2.75, 3.05) is 13.2 Å². The molecule has 0 aliphatic carbocycles. The van der Waals surface area contributed by atoms with Crippen LogP contribution in [-0.4, -0.2) is 35.7 Å². The zero-order chi connectivity index (χ0) is 11.9. The first kappa shape index (κ1) is 12.0. The molecule has 2 nitrogen and oxygen atoms in total. The number of hydrogen-bond acceptors (Lipinski definition) is 2. The van der Waals surface area contributed by atoms with Gasteiger partial charge in [0.2, 0.25) is 0 Å². The molecule has 0 amide bonds. The molecule has 3 saturated heterocycles. The first-order valence-electron chi connectivity index (χ1n) is 7.60. The molecule has 3 rings (SSSR count). The van der Waals surface area contributed by atoms with Crippen molar-refractivity contribution >= 4 is 0 Å². The van der Waals surface area contributed by atoms with Crippen molar-refractivity contribution in [2.24, 2.45) is 5.92 Å². The summed E-state index contributed by atoms with van der Waals surface area (Å²) in [5, 5.41) is 0. The Morgan fingerprint density at radius 1 is 1.35 bits per heavy atom. The first-order valence-corrected chi connectivity index (χ1v) is 7.60. The Hall–Kier alpha value is -0.0800. The molecule has 0 radical (unpaired) electrons. The summed E-state index contributed by atoms with van der Waals surface area (Å²) in [6.45, 7) is 7.06. The van der Waals surface area contributed by atoms with Crippen LogP contribution in [0.3, 0.4) is 0 Å². The summed E-state index contributed by atoms with van der Waals surface area (Å²) in [6.07, 6.45) is 10.2. The highest BCUT2D eigenvalue weighted by Crippen LogP contribution is 2.48. The predicted octanol–water partition coefficient (Wildman–Crippen LogP) is 3.21. The molecule has 3 aliphatic rings. The van der Waals surface area contributed by atoms with Crippen LogP contribution in [0, 0.1) is 5.92 Å². The lowest BCUT2D eigenvalue weighted by atomic mass is 9.85. The molecule has 98 valence electrons. The molecule has 3 aliphatic heterocycles. The Balaban J connectivity index is 1.73. The molecule has 0 bridgehead atoms. The molecule has 0 aromatic carbocycles. The molecule has 0 N–H and O–H groups in total. The molecule has 3 atom stereocenters. The predicted molar refractivity (Wildman–Crippen MR) is 70.1 cm³/mol. The highest BCUT2D eigenvalue weighted by Gasteiger charge is 2.54. The normalized spacial score (nSPS) is 41.8. The monoisotopic (exact) mass is 237 g/mol. The minimum Gasteiger partial charge on any atom is -0.377 e. The van der Waals surface area contributed by atoms with E-state index >= 15 is 0 Å². The zero-order valence-corrected chi connectivity index (χ0v) is 11.5. The van der Waals surface area contributed by atoms with Gasteiger partial charge in [-0.3, -0.25) is 4.90 Å². The van der Waals surface area contributed by atoms with E-state index in [0.717, 1.165) is 18.6 Å². The molecule has 0 saturated carbocycles. The molecule has 3 fully saturated rings. The van der Waals surface area contributed by atoms with Crippen molar-refractivity contribution in [1.29, 1.82) is 0 Å². The standard InChI is InChI=1S/C15H27NO/c1-12(2)6-8-15-7-4-9-16(15)13-5-3-10-17-14(13)11-15/h12-14H,3-11H2,1-2H3. The molecule has 3 unspecified atom stereocenters. The number of fused-ring (bicyclic) bond motifs is 3. The molecular weight excluding hydrogens is 210 g/mol. The number of rotatable bonds is 3. The second kappa shape index (κ2) is 4.55. The van der Waals surface area contributed by atoms with E-state index in [1.54, 1.807) is 0 Å². The number of hydrogen-bond donors (Lipinski definition) is 0. The Morgan fingerprint density at radius 2 is 2.24 bits per heavy atom. The molecule has 0 spiro atoms. The Bertz CT molecular complexity index is 278. The van der Waals surface area contributed by atoms with Crippen LogP contribution < -0.4 is 0 Å². The average molecular weight is 237 g/mol. The van der Waals surface area contributed by atoms with Gasteiger partial charge in [-0.05, 0) is 57.4 Å². The van der Waals surface area contributed by atoms with Crippen molar-refractivity contribution in [3.63, 3.8) is 0 Å². The third-order valence-electron chi connectivity index (χ3n) is 5.22. The van der Waals surface area contributed by atoms with Gasteiger partial charge in [-0.25, -0.2) is 0 Å². The van der Waals surface area contributed by atoms with Crippen LogP contribution >= 0.6 is 0 Å². The summed E-state index contributed by atoms with van der Waals surface area (Å²) >= 11 is 0. The van der Waals surface area contributed by atoms with E-state index in [0.29, 0.717) is 11.6 Å². The third kappa shape index (κ3) is 2.04. The van der Waals surface area contributed by atoms with Crippen LogP contribution in [0.5, 0.6) is 0 Å². The van der Waals surface area contributed by atoms with Gasteiger partial charge in [-0.2, -0.15) is 0 Å². The van der Waals surface area contributed by atoms with Crippen LogP contribution in [-0.2, 0) is 4.74 Å². The van der Waals surface area contributed by atoms with Gasteiger partial charge in [0.15, 0.2) is 0 Å². The Morgan fingerprint density at radius 3 is 3.06 bits per heavy atom. The van der Waals surface area contributed by atoms with E-state index in [2.05, 4.69) is 18.7 Å². The maximum atomic E-state index is 6.03. The fourth-order valence-electron chi connectivity index (χ4n) is 4.37. The zero-order valence-electron chi connectivity index (χ0n) is 11.5. The topological polar surface area (TPSA) is 12.5 Å². The van der Waals surface area contributed by atoms with Crippen LogP contribution in [0.4, 0.5) is 0 Å². The third-order valence-corrected chi connectivity index (χ3v) is 5.22. The van der Waals surface area contributed by atoms with Crippen LogP contribution in [0.2, 0.25) is 0 Å². The van der Waals surface area contributed by atoms with Crippen LogP contribution in [0.1, 0.15) is 58.8 Å². The Labute approximate surface area is 106 Å². The highest BCUT2D eigenvalue weighted by atomic mass is 16.5. The lowest BCUT2D eigenvalue weighted by Gasteiger charge is -2.36. The fraction of sp³-hybridized carbons (Fsp3) is 1.00. The van der Waals surface area contributed by atoms with Crippen LogP contribution in [0.25, 0.3) is 0 Å². The minimum atomic E-state index is 0.532. The highest BCUT2D eigenvalue weighted by molar-refractivity contribution is 5.09. The van der Waals surface area contributed by atoms with Gasteiger partial charge in [-0.15, -0.1) is 0 Å². The summed E-state index contributed by atoms with van der Waals surface area (Å²) in [7, 11) is 0. The second-order valence-corrected chi connectivity index (χ2v) is 6.78. The van der Waals surface area contributed by atoms with E-state index < -0.39 is 0 Å². The lowest BCUT2D eigenvalue weighted by molar-refractivity contribution is -0.0112. The van der Waals surface area contributed by atoms with E-state index in [1.807, 2.05) is 0 Å². The smallest absolute Gasteiger partial charge is 0.0748 e. The van der Waals surface area contributed by atoms with Gasteiger partial charge < -0.3 is 4.74 Å². The summed E-state index contributed by atoms with van der Waals surface area (Å²) in [5.74, 6) is 0.843. The van der Waals surface area contributed by atoms with Gasteiger partial charge in [0, 0.05) is 18.2 Å². The lowest BCUT2D eigenvalue weighted by Crippen LogP contribution is -2.44. The maximum Gasteiger partial charge on any atom is 0.0748 e. The number of nitrogens with zero attached hydrogens (tertiary/aromatic N) is 1. The molecule has 17 heavy (non-hydrogen) atoms. The van der Waals surface area contributed by atoms with E-state index in [9.17, 15) is 0 Å². The summed E-state index contributed by atoms with van der Waals surface area (Å²) < 4.78 is 6.03. The summed E-state index contributed by atoms with van der Waals surface area (Å²) in [5.41, 5.74) is 0.532. The van der Waals surface area contributed by atoms with Crippen molar-refractivity contribution < 1.29 is 4.74 Å². The van der Waals surface area contributed by atoms with Crippen molar-refractivity contribution in [3.05, 3.63) is 0 Å². The molecule has 0 aromatic heterocycles. The average Bonchev–Trinajstić information content (AvgIpc) is 2.82. The van der Waals surface area contributed by atoms with Gasteiger partial charge >= 0.3 is 0 Å². The molecule has 3 heterocycles. The van der Waals surface area contributed by atoms with E-state index in [4.69, 9.17) is 4.74 Å². The van der Waals surface area contributed by atoms with Gasteiger partial charge in [-0.1, -0.05) is 13.8 Å². The molecule has 0 aromatic rings. The SMILES string of the molecule is CC(C)CCC12CCCN1C1CCCOC1C2. The molecule has 2 heteroatoms.